The van der Waals surface area contributed by atoms with Crippen LogP contribution in [0.5, 0.6) is 0 Å². The highest BCUT2D eigenvalue weighted by Gasteiger charge is 2.07. The van der Waals surface area contributed by atoms with Crippen molar-refractivity contribution < 1.29 is 8.78 Å². The first-order valence-corrected chi connectivity index (χ1v) is 5.20. The Labute approximate surface area is 82.5 Å². The molecule has 66 valence electrons. The molecule has 12 heavy (non-hydrogen) atoms. The monoisotopic (exact) mass is 252 g/mol. The van der Waals surface area contributed by atoms with Crippen LogP contribution in [0.2, 0.25) is 0 Å². The topological polar surface area (TPSA) is 0 Å². The summed E-state index contributed by atoms with van der Waals surface area (Å²) in [4.78, 5) is 0.739. The summed E-state index contributed by atoms with van der Waals surface area (Å²) >= 11 is 4.41. The molecule has 0 amide bonds. The maximum absolute atomic E-state index is 12.7. The summed E-state index contributed by atoms with van der Waals surface area (Å²) < 4.78 is 25.6. The second-order valence-corrected chi connectivity index (χ2v) is 4.33. The second-order valence-electron chi connectivity index (χ2n) is 2.13. The van der Waals surface area contributed by atoms with Gasteiger partial charge in [0.15, 0.2) is 11.6 Å². The number of rotatable bonds is 2. The third kappa shape index (κ3) is 2.20. The minimum atomic E-state index is -0.824. The number of hydrogen-bond donors (Lipinski definition) is 0. The Kier molecular flexibility index (Phi) is 3.53. The van der Waals surface area contributed by atoms with Crippen LogP contribution in [0, 0.1) is 11.6 Å². The van der Waals surface area contributed by atoms with Gasteiger partial charge in [-0.3, -0.25) is 0 Å². The summed E-state index contributed by atoms with van der Waals surface area (Å²) in [7, 11) is 0. The SMILES string of the molecule is CCSc1cc(F)c(F)c(Br)c1. The molecule has 0 heterocycles. The predicted molar refractivity (Wildman–Crippen MR) is 50.5 cm³/mol. The summed E-state index contributed by atoms with van der Waals surface area (Å²) in [6.45, 7) is 1.96. The fraction of sp³-hybridized carbons (Fsp3) is 0.250. The smallest absolute Gasteiger partial charge is 0.173 e. The zero-order valence-electron chi connectivity index (χ0n) is 6.40. The van der Waals surface area contributed by atoms with Crippen molar-refractivity contribution in [1.82, 2.24) is 0 Å². The minimum Gasteiger partial charge on any atom is -0.204 e. The Hall–Kier alpha value is -0.0900. The van der Waals surface area contributed by atoms with Crippen molar-refractivity contribution in [2.24, 2.45) is 0 Å². The zero-order chi connectivity index (χ0) is 9.14. The third-order valence-electron chi connectivity index (χ3n) is 1.27. The molecule has 0 saturated heterocycles. The maximum atomic E-state index is 12.7. The minimum absolute atomic E-state index is 0.179. The predicted octanol–water partition coefficient (Wildman–Crippen LogP) is 3.84. The Morgan fingerprint density at radius 3 is 2.58 bits per heavy atom. The van der Waals surface area contributed by atoms with Gasteiger partial charge in [0.1, 0.15) is 0 Å². The van der Waals surface area contributed by atoms with Crippen LogP contribution in [0.4, 0.5) is 8.78 Å². The second kappa shape index (κ2) is 4.23. The van der Waals surface area contributed by atoms with Crippen LogP contribution in [-0.2, 0) is 0 Å². The van der Waals surface area contributed by atoms with E-state index in [9.17, 15) is 8.78 Å². The first-order chi connectivity index (χ1) is 5.65. The molecular formula is C8H7BrF2S. The highest BCUT2D eigenvalue weighted by Crippen LogP contribution is 2.26. The van der Waals surface area contributed by atoms with Gasteiger partial charge in [0.2, 0.25) is 0 Å². The fourth-order valence-corrected chi connectivity index (χ4v) is 2.09. The highest BCUT2D eigenvalue weighted by molar-refractivity contribution is 9.10. The molecular weight excluding hydrogens is 246 g/mol. The van der Waals surface area contributed by atoms with Crippen LogP contribution in [0.25, 0.3) is 0 Å². The number of benzene rings is 1. The van der Waals surface area contributed by atoms with Crippen molar-refractivity contribution >= 4 is 27.7 Å². The molecule has 0 radical (unpaired) electrons. The molecule has 4 heteroatoms. The molecule has 1 aromatic rings. The summed E-state index contributed by atoms with van der Waals surface area (Å²) in [5.74, 6) is -0.784. The average Bonchev–Trinajstić information content (AvgIpc) is 2.01. The van der Waals surface area contributed by atoms with Crippen LogP contribution in [0.1, 0.15) is 6.92 Å². The normalized spacial score (nSPS) is 10.3. The van der Waals surface area contributed by atoms with Crippen LogP contribution < -0.4 is 0 Å². The van der Waals surface area contributed by atoms with E-state index in [1.165, 1.54) is 17.8 Å². The molecule has 0 bridgehead atoms. The van der Waals surface area contributed by atoms with Crippen LogP contribution in [0.3, 0.4) is 0 Å². The lowest BCUT2D eigenvalue weighted by atomic mass is 10.3. The lowest BCUT2D eigenvalue weighted by Crippen LogP contribution is -1.86. The summed E-state index contributed by atoms with van der Waals surface area (Å²) in [6, 6.07) is 2.78. The zero-order valence-corrected chi connectivity index (χ0v) is 8.81. The number of hydrogen-bond acceptors (Lipinski definition) is 1. The van der Waals surface area contributed by atoms with Crippen molar-refractivity contribution in [2.75, 3.05) is 5.75 Å². The Morgan fingerprint density at radius 2 is 2.08 bits per heavy atom. The molecule has 0 aliphatic carbocycles. The van der Waals surface area contributed by atoms with Gasteiger partial charge in [-0.05, 0) is 33.8 Å². The lowest BCUT2D eigenvalue weighted by Gasteiger charge is -2.01. The van der Waals surface area contributed by atoms with Crippen LogP contribution in [-0.4, -0.2) is 5.75 Å². The average molecular weight is 253 g/mol. The summed E-state index contributed by atoms with van der Waals surface area (Å²) in [5.41, 5.74) is 0. The molecule has 0 unspecified atom stereocenters. The molecule has 0 nitrogen and oxygen atoms in total. The van der Waals surface area contributed by atoms with Crippen LogP contribution in [0.15, 0.2) is 21.5 Å². The molecule has 0 fully saturated rings. The van der Waals surface area contributed by atoms with Crippen LogP contribution >= 0.6 is 27.7 Å². The van der Waals surface area contributed by atoms with E-state index in [2.05, 4.69) is 15.9 Å². The summed E-state index contributed by atoms with van der Waals surface area (Å²) in [6.07, 6.45) is 0. The van der Waals surface area contributed by atoms with Crippen molar-refractivity contribution in [3.8, 4) is 0 Å². The van der Waals surface area contributed by atoms with E-state index in [4.69, 9.17) is 0 Å². The Balaban J connectivity index is 3.04. The number of halogens is 3. The van der Waals surface area contributed by atoms with Gasteiger partial charge in [0.05, 0.1) is 4.47 Å². The van der Waals surface area contributed by atoms with Gasteiger partial charge < -0.3 is 0 Å². The van der Waals surface area contributed by atoms with Crippen molar-refractivity contribution in [3.63, 3.8) is 0 Å². The van der Waals surface area contributed by atoms with E-state index < -0.39 is 11.6 Å². The maximum Gasteiger partial charge on any atom is 0.173 e. The molecule has 0 spiro atoms. The number of thioether (sulfide) groups is 1. The van der Waals surface area contributed by atoms with E-state index in [1.807, 2.05) is 6.92 Å². The van der Waals surface area contributed by atoms with Crippen molar-refractivity contribution in [1.29, 1.82) is 0 Å². The van der Waals surface area contributed by atoms with E-state index in [-0.39, 0.29) is 4.47 Å². The van der Waals surface area contributed by atoms with E-state index in [0.29, 0.717) is 0 Å². The van der Waals surface area contributed by atoms with Gasteiger partial charge in [0.25, 0.3) is 0 Å². The standard InChI is InChI=1S/C8H7BrF2S/c1-2-12-5-3-6(9)8(11)7(10)4-5/h3-4H,2H2,1H3. The van der Waals surface area contributed by atoms with Gasteiger partial charge in [-0.25, -0.2) is 8.78 Å². The van der Waals surface area contributed by atoms with E-state index in [0.717, 1.165) is 10.6 Å². The van der Waals surface area contributed by atoms with Gasteiger partial charge >= 0.3 is 0 Å². The molecule has 1 rings (SSSR count). The third-order valence-corrected chi connectivity index (χ3v) is 2.70. The Bertz CT molecular complexity index is 265. The van der Waals surface area contributed by atoms with Gasteiger partial charge in [-0.15, -0.1) is 11.8 Å². The van der Waals surface area contributed by atoms with Gasteiger partial charge in [-0.2, -0.15) is 0 Å². The Morgan fingerprint density at radius 1 is 1.42 bits per heavy atom. The van der Waals surface area contributed by atoms with Crippen molar-refractivity contribution in [2.45, 2.75) is 11.8 Å². The lowest BCUT2D eigenvalue weighted by molar-refractivity contribution is 0.501. The van der Waals surface area contributed by atoms with E-state index in [1.54, 1.807) is 6.07 Å². The van der Waals surface area contributed by atoms with E-state index >= 15 is 0 Å². The first kappa shape index (κ1) is 9.99. The first-order valence-electron chi connectivity index (χ1n) is 3.42. The summed E-state index contributed by atoms with van der Waals surface area (Å²) in [5, 5.41) is 0. The molecule has 0 N–H and O–H groups in total. The molecule has 0 saturated carbocycles. The molecule has 0 atom stereocenters. The van der Waals surface area contributed by atoms with Gasteiger partial charge in [0, 0.05) is 4.90 Å². The quantitative estimate of drug-likeness (QED) is 0.570. The highest BCUT2D eigenvalue weighted by atomic mass is 79.9. The fourth-order valence-electron chi connectivity index (χ4n) is 0.782. The molecule has 0 aliphatic heterocycles. The molecule has 0 aliphatic rings. The van der Waals surface area contributed by atoms with Gasteiger partial charge in [-0.1, -0.05) is 6.92 Å². The largest absolute Gasteiger partial charge is 0.204 e. The molecule has 0 aromatic heterocycles. The molecule has 1 aromatic carbocycles. The van der Waals surface area contributed by atoms with Crippen molar-refractivity contribution in [3.05, 3.63) is 28.2 Å².